The molecule has 2 aromatic carbocycles. The standard InChI is InChI=1S/C21H14N4O3S/c1-11-2-4-12(5-3-11)17-10-29-21(24-17)16(9-22)20(28)23-13-6-7-14-15(8-13)19(27)25-18(14)26/h2-8,10,16H,1H3,(H,23,28)(H,25,26,27). The van der Waals surface area contributed by atoms with Crippen molar-refractivity contribution in [2.24, 2.45) is 0 Å². The Hall–Kier alpha value is -3.83. The number of benzene rings is 2. The molecule has 0 fully saturated rings. The molecule has 1 unspecified atom stereocenters. The molecule has 8 heteroatoms. The van der Waals surface area contributed by atoms with E-state index in [0.29, 0.717) is 16.4 Å². The fraction of sp³-hybridized carbons (Fsp3) is 0.0952. The Morgan fingerprint density at radius 3 is 2.59 bits per heavy atom. The van der Waals surface area contributed by atoms with Crippen molar-refractivity contribution in [2.45, 2.75) is 12.8 Å². The number of nitriles is 1. The third kappa shape index (κ3) is 3.51. The molecule has 4 rings (SSSR count). The topological polar surface area (TPSA) is 112 Å². The van der Waals surface area contributed by atoms with Gasteiger partial charge in [-0.3, -0.25) is 19.7 Å². The minimum Gasteiger partial charge on any atom is -0.325 e. The zero-order valence-corrected chi connectivity index (χ0v) is 16.0. The van der Waals surface area contributed by atoms with Gasteiger partial charge in [0.1, 0.15) is 5.01 Å². The summed E-state index contributed by atoms with van der Waals surface area (Å²) in [7, 11) is 0. The van der Waals surface area contributed by atoms with Crippen molar-refractivity contribution in [2.75, 3.05) is 5.32 Å². The van der Waals surface area contributed by atoms with Crippen LogP contribution < -0.4 is 10.6 Å². The Balaban J connectivity index is 1.55. The van der Waals surface area contributed by atoms with Crippen LogP contribution in [0.15, 0.2) is 47.8 Å². The summed E-state index contributed by atoms with van der Waals surface area (Å²) in [6.45, 7) is 1.99. The monoisotopic (exact) mass is 402 g/mol. The van der Waals surface area contributed by atoms with Gasteiger partial charge in [-0.25, -0.2) is 4.98 Å². The van der Waals surface area contributed by atoms with Gasteiger partial charge in [0, 0.05) is 16.6 Å². The molecule has 0 bridgehead atoms. The average Bonchev–Trinajstić information content (AvgIpc) is 3.28. The number of carbonyl (C=O) groups excluding carboxylic acids is 3. The Kier molecular flexibility index (Phi) is 4.66. The molecule has 7 nitrogen and oxygen atoms in total. The Bertz CT molecular complexity index is 1190. The van der Waals surface area contributed by atoms with Crippen LogP contribution in [0.25, 0.3) is 11.3 Å². The van der Waals surface area contributed by atoms with Crippen molar-refractivity contribution < 1.29 is 14.4 Å². The summed E-state index contributed by atoms with van der Waals surface area (Å²) < 4.78 is 0. The highest BCUT2D eigenvalue weighted by Gasteiger charge is 2.28. The van der Waals surface area contributed by atoms with Gasteiger partial charge in [0.15, 0.2) is 5.92 Å². The lowest BCUT2D eigenvalue weighted by atomic mass is 10.1. The maximum atomic E-state index is 12.6. The van der Waals surface area contributed by atoms with Crippen molar-refractivity contribution in [1.29, 1.82) is 5.26 Å². The average molecular weight is 402 g/mol. The van der Waals surface area contributed by atoms with Gasteiger partial charge in [-0.15, -0.1) is 11.3 Å². The minimum absolute atomic E-state index is 0.192. The third-order valence-electron chi connectivity index (χ3n) is 4.51. The number of hydrogen-bond donors (Lipinski definition) is 2. The normalized spacial score (nSPS) is 13.4. The van der Waals surface area contributed by atoms with Gasteiger partial charge < -0.3 is 5.32 Å². The first-order valence-electron chi connectivity index (χ1n) is 8.69. The lowest BCUT2D eigenvalue weighted by Gasteiger charge is -2.09. The molecule has 3 amide bonds. The van der Waals surface area contributed by atoms with Crippen LogP contribution in [0.5, 0.6) is 0 Å². The van der Waals surface area contributed by atoms with E-state index in [0.717, 1.165) is 11.1 Å². The van der Waals surface area contributed by atoms with Crippen molar-refractivity contribution in [3.05, 3.63) is 69.5 Å². The van der Waals surface area contributed by atoms with E-state index in [1.54, 1.807) is 0 Å². The van der Waals surface area contributed by atoms with Gasteiger partial charge in [0.25, 0.3) is 11.8 Å². The van der Waals surface area contributed by atoms with Crippen LogP contribution in [-0.2, 0) is 4.79 Å². The van der Waals surface area contributed by atoms with Gasteiger partial charge in [-0.1, -0.05) is 29.8 Å². The zero-order valence-electron chi connectivity index (χ0n) is 15.2. The number of anilines is 1. The molecule has 1 aliphatic rings. The van der Waals surface area contributed by atoms with Crippen LogP contribution in [0.3, 0.4) is 0 Å². The molecule has 142 valence electrons. The number of imide groups is 1. The maximum Gasteiger partial charge on any atom is 0.259 e. The summed E-state index contributed by atoms with van der Waals surface area (Å²) in [6, 6.07) is 14.2. The van der Waals surface area contributed by atoms with E-state index in [2.05, 4.69) is 15.6 Å². The van der Waals surface area contributed by atoms with Crippen molar-refractivity contribution in [3.8, 4) is 17.3 Å². The van der Waals surface area contributed by atoms with Gasteiger partial charge in [0.05, 0.1) is 22.9 Å². The van der Waals surface area contributed by atoms with Crippen LogP contribution in [-0.4, -0.2) is 22.7 Å². The number of rotatable bonds is 4. The van der Waals surface area contributed by atoms with E-state index in [1.807, 2.05) is 42.6 Å². The third-order valence-corrected chi connectivity index (χ3v) is 5.42. The SMILES string of the molecule is Cc1ccc(-c2csc(C(C#N)C(=O)Nc3ccc4c(c3)C(=O)NC4=O)n2)cc1. The highest BCUT2D eigenvalue weighted by Crippen LogP contribution is 2.28. The predicted molar refractivity (Wildman–Crippen MR) is 108 cm³/mol. The number of aryl methyl sites for hydroxylation is 1. The molecule has 0 aliphatic carbocycles. The molecule has 0 spiro atoms. The molecule has 29 heavy (non-hydrogen) atoms. The zero-order chi connectivity index (χ0) is 20.5. The number of nitrogens with one attached hydrogen (secondary N) is 2. The predicted octanol–water partition coefficient (Wildman–Crippen LogP) is 3.25. The molecular weight excluding hydrogens is 388 g/mol. The fourth-order valence-electron chi connectivity index (χ4n) is 2.96. The molecule has 3 aromatic rings. The summed E-state index contributed by atoms with van der Waals surface area (Å²) in [5, 5.41) is 16.5. The smallest absolute Gasteiger partial charge is 0.259 e. The van der Waals surface area contributed by atoms with Gasteiger partial charge in [-0.2, -0.15) is 5.26 Å². The summed E-state index contributed by atoms with van der Waals surface area (Å²) in [5.41, 5.74) is 3.51. The molecule has 1 aliphatic heterocycles. The first kappa shape index (κ1) is 18.5. The van der Waals surface area contributed by atoms with E-state index < -0.39 is 23.6 Å². The van der Waals surface area contributed by atoms with Crippen LogP contribution >= 0.6 is 11.3 Å². The van der Waals surface area contributed by atoms with E-state index in [-0.39, 0.29) is 11.1 Å². The number of thiazole rings is 1. The number of carbonyl (C=O) groups is 3. The van der Waals surface area contributed by atoms with E-state index in [1.165, 1.54) is 29.5 Å². The second-order valence-electron chi connectivity index (χ2n) is 6.53. The Morgan fingerprint density at radius 1 is 1.14 bits per heavy atom. The summed E-state index contributed by atoms with van der Waals surface area (Å²) in [4.78, 5) is 40.5. The van der Waals surface area contributed by atoms with Crippen molar-refractivity contribution in [1.82, 2.24) is 10.3 Å². The summed E-state index contributed by atoms with van der Waals surface area (Å²) >= 11 is 1.24. The summed E-state index contributed by atoms with van der Waals surface area (Å²) in [5.74, 6) is -2.63. The number of nitrogens with zero attached hydrogens (tertiary/aromatic N) is 2. The largest absolute Gasteiger partial charge is 0.325 e. The number of hydrogen-bond acceptors (Lipinski definition) is 6. The number of amides is 3. The minimum atomic E-state index is -1.09. The second-order valence-corrected chi connectivity index (χ2v) is 7.42. The molecule has 0 radical (unpaired) electrons. The lowest BCUT2D eigenvalue weighted by Crippen LogP contribution is -2.20. The first-order chi connectivity index (χ1) is 14.0. The van der Waals surface area contributed by atoms with Crippen molar-refractivity contribution >= 4 is 34.7 Å². The van der Waals surface area contributed by atoms with E-state index >= 15 is 0 Å². The van der Waals surface area contributed by atoms with Gasteiger partial charge in [-0.05, 0) is 25.1 Å². The molecule has 2 heterocycles. The molecule has 0 saturated heterocycles. The maximum absolute atomic E-state index is 12.6. The quantitative estimate of drug-likeness (QED) is 0.651. The molecule has 1 atom stereocenters. The van der Waals surface area contributed by atoms with Crippen LogP contribution in [0, 0.1) is 18.3 Å². The first-order valence-corrected chi connectivity index (χ1v) is 9.57. The van der Waals surface area contributed by atoms with Crippen molar-refractivity contribution in [3.63, 3.8) is 0 Å². The highest BCUT2D eigenvalue weighted by molar-refractivity contribution is 7.10. The number of aromatic nitrogens is 1. The molecule has 2 N–H and O–H groups in total. The van der Waals surface area contributed by atoms with E-state index in [4.69, 9.17) is 0 Å². The lowest BCUT2D eigenvalue weighted by molar-refractivity contribution is -0.116. The van der Waals surface area contributed by atoms with E-state index in [9.17, 15) is 19.6 Å². The highest BCUT2D eigenvalue weighted by atomic mass is 32.1. The molecule has 0 saturated carbocycles. The van der Waals surface area contributed by atoms with Gasteiger partial charge >= 0.3 is 0 Å². The second kappa shape index (κ2) is 7.30. The van der Waals surface area contributed by atoms with Gasteiger partial charge in [0.2, 0.25) is 5.91 Å². The Labute approximate surface area is 170 Å². The number of fused-ring (bicyclic) bond motifs is 1. The fourth-order valence-corrected chi connectivity index (χ4v) is 3.83. The van der Waals surface area contributed by atoms with Crippen LogP contribution in [0.4, 0.5) is 5.69 Å². The van der Waals surface area contributed by atoms with Crippen LogP contribution in [0.2, 0.25) is 0 Å². The van der Waals surface area contributed by atoms with Crippen LogP contribution in [0.1, 0.15) is 37.2 Å². The molecular formula is C21H14N4O3S. The Morgan fingerprint density at radius 2 is 1.86 bits per heavy atom. The molecule has 1 aromatic heterocycles. The summed E-state index contributed by atoms with van der Waals surface area (Å²) in [6.07, 6.45) is 0.